The van der Waals surface area contributed by atoms with Gasteiger partial charge in [0.15, 0.2) is 0 Å². The predicted octanol–water partition coefficient (Wildman–Crippen LogP) is 3.16. The molecule has 0 aliphatic carbocycles. The summed E-state index contributed by atoms with van der Waals surface area (Å²) in [7, 11) is 1.55. The van der Waals surface area contributed by atoms with Crippen LogP contribution in [0.1, 0.15) is 15.9 Å². The van der Waals surface area contributed by atoms with Crippen molar-refractivity contribution < 1.29 is 19.1 Å². The minimum absolute atomic E-state index is 0.118. The Morgan fingerprint density at radius 3 is 2.56 bits per heavy atom. The summed E-state index contributed by atoms with van der Waals surface area (Å²) in [5, 5.41) is 2.36. The Kier molecular flexibility index (Phi) is 5.93. The lowest BCUT2D eigenvalue weighted by molar-refractivity contribution is -0.122. The molecule has 7 heteroatoms. The van der Waals surface area contributed by atoms with Crippen LogP contribution >= 0.6 is 11.8 Å². The molecular formula is C20H18N2O4S. The van der Waals surface area contributed by atoms with Crippen molar-refractivity contribution in [1.29, 1.82) is 0 Å². The minimum atomic E-state index is -0.370. The van der Waals surface area contributed by atoms with Crippen molar-refractivity contribution in [3.05, 3.63) is 70.6 Å². The lowest BCUT2D eigenvalue weighted by Gasteiger charge is -2.13. The SMILES string of the molecule is COc1ccccc1C=C1SC(=O)N(CCNC(=O)c2ccccc2)C1=O. The number of hydrogen-bond acceptors (Lipinski definition) is 5. The van der Waals surface area contributed by atoms with Crippen LogP contribution in [0.4, 0.5) is 4.79 Å². The highest BCUT2D eigenvalue weighted by Gasteiger charge is 2.34. The summed E-state index contributed by atoms with van der Waals surface area (Å²) < 4.78 is 5.27. The van der Waals surface area contributed by atoms with Crippen molar-refractivity contribution in [2.75, 3.05) is 20.2 Å². The number of carbonyl (C=O) groups excluding carboxylic acids is 3. The molecule has 1 aliphatic rings. The van der Waals surface area contributed by atoms with Gasteiger partial charge in [0.25, 0.3) is 17.1 Å². The number of nitrogens with zero attached hydrogens (tertiary/aromatic N) is 1. The number of nitrogens with one attached hydrogen (secondary N) is 1. The van der Waals surface area contributed by atoms with E-state index >= 15 is 0 Å². The summed E-state index contributed by atoms with van der Waals surface area (Å²) in [6.45, 7) is 0.306. The van der Waals surface area contributed by atoms with Crippen molar-refractivity contribution in [3.63, 3.8) is 0 Å². The topological polar surface area (TPSA) is 75.7 Å². The normalized spacial score (nSPS) is 15.3. The highest BCUT2D eigenvalue weighted by Crippen LogP contribution is 2.33. The maximum atomic E-state index is 12.5. The lowest BCUT2D eigenvalue weighted by atomic mass is 10.2. The third-order valence-electron chi connectivity index (χ3n) is 3.96. The molecule has 6 nitrogen and oxygen atoms in total. The van der Waals surface area contributed by atoms with Crippen molar-refractivity contribution in [3.8, 4) is 5.75 Å². The summed E-state index contributed by atoms with van der Waals surface area (Å²) in [4.78, 5) is 38.2. The monoisotopic (exact) mass is 382 g/mol. The van der Waals surface area contributed by atoms with Crippen molar-refractivity contribution >= 4 is 34.9 Å². The first-order valence-electron chi connectivity index (χ1n) is 8.32. The second kappa shape index (κ2) is 8.55. The number of methoxy groups -OCH3 is 1. The maximum absolute atomic E-state index is 12.5. The van der Waals surface area contributed by atoms with Crippen LogP contribution in [0.3, 0.4) is 0 Å². The van der Waals surface area contributed by atoms with E-state index in [0.717, 1.165) is 22.2 Å². The second-order valence-electron chi connectivity index (χ2n) is 5.70. The van der Waals surface area contributed by atoms with Crippen molar-refractivity contribution in [2.24, 2.45) is 0 Å². The number of carbonyl (C=O) groups is 3. The fourth-order valence-electron chi connectivity index (χ4n) is 2.59. The van der Waals surface area contributed by atoms with Gasteiger partial charge < -0.3 is 10.1 Å². The first-order valence-corrected chi connectivity index (χ1v) is 9.13. The molecule has 0 aromatic heterocycles. The molecule has 0 radical (unpaired) electrons. The largest absolute Gasteiger partial charge is 0.496 e. The zero-order valence-corrected chi connectivity index (χ0v) is 15.5. The molecule has 1 heterocycles. The van der Waals surface area contributed by atoms with Gasteiger partial charge in [0.05, 0.1) is 12.0 Å². The van der Waals surface area contributed by atoms with E-state index in [4.69, 9.17) is 4.74 Å². The van der Waals surface area contributed by atoms with Gasteiger partial charge in [-0.25, -0.2) is 0 Å². The fourth-order valence-corrected chi connectivity index (χ4v) is 3.45. The summed E-state index contributed by atoms with van der Waals surface area (Å²) in [6, 6.07) is 16.0. The average molecular weight is 382 g/mol. The van der Waals surface area contributed by atoms with Gasteiger partial charge in [-0.3, -0.25) is 19.3 Å². The molecule has 0 unspecified atom stereocenters. The number of thioether (sulfide) groups is 1. The summed E-state index contributed by atoms with van der Waals surface area (Å²) in [5.41, 5.74) is 1.26. The summed E-state index contributed by atoms with van der Waals surface area (Å²) >= 11 is 0.881. The Hall–Kier alpha value is -3.06. The molecule has 1 fully saturated rings. The summed E-state index contributed by atoms with van der Waals surface area (Å²) in [5.74, 6) is 0.0106. The van der Waals surface area contributed by atoms with Crippen LogP contribution in [0.5, 0.6) is 5.75 Å². The van der Waals surface area contributed by atoms with Gasteiger partial charge in [-0.05, 0) is 36.0 Å². The first kappa shape index (κ1) is 18.7. The molecule has 0 atom stereocenters. The van der Waals surface area contributed by atoms with Crippen molar-refractivity contribution in [2.45, 2.75) is 0 Å². The molecule has 0 bridgehead atoms. The molecule has 0 saturated carbocycles. The Bertz CT molecular complexity index is 896. The van der Waals surface area contributed by atoms with E-state index in [0.29, 0.717) is 16.2 Å². The molecule has 3 amide bonds. The average Bonchev–Trinajstić information content (AvgIpc) is 2.96. The number of ether oxygens (including phenoxy) is 1. The Balaban J connectivity index is 1.63. The molecule has 1 aliphatic heterocycles. The summed E-state index contributed by atoms with van der Waals surface area (Å²) in [6.07, 6.45) is 1.65. The van der Waals surface area contributed by atoms with E-state index < -0.39 is 0 Å². The highest BCUT2D eigenvalue weighted by atomic mass is 32.2. The third kappa shape index (κ3) is 4.38. The van der Waals surface area contributed by atoms with Gasteiger partial charge in [-0.15, -0.1) is 0 Å². The van der Waals surface area contributed by atoms with Crippen LogP contribution in [0, 0.1) is 0 Å². The van der Waals surface area contributed by atoms with Crippen LogP contribution in [0.15, 0.2) is 59.5 Å². The number of amides is 3. The zero-order valence-electron chi connectivity index (χ0n) is 14.7. The molecule has 2 aromatic rings. The van der Waals surface area contributed by atoms with E-state index in [9.17, 15) is 14.4 Å². The van der Waals surface area contributed by atoms with Crippen LogP contribution in [0.2, 0.25) is 0 Å². The molecule has 0 spiro atoms. The number of para-hydroxylation sites is 1. The van der Waals surface area contributed by atoms with Crippen LogP contribution in [-0.4, -0.2) is 42.2 Å². The lowest BCUT2D eigenvalue weighted by Crippen LogP contribution is -2.37. The van der Waals surface area contributed by atoms with Crippen LogP contribution in [0.25, 0.3) is 6.08 Å². The van der Waals surface area contributed by atoms with Gasteiger partial charge >= 0.3 is 0 Å². The Labute approximate surface area is 161 Å². The van der Waals surface area contributed by atoms with Crippen LogP contribution < -0.4 is 10.1 Å². The van der Waals surface area contributed by atoms with E-state index in [1.54, 1.807) is 43.5 Å². The maximum Gasteiger partial charge on any atom is 0.293 e. The molecule has 1 N–H and O–H groups in total. The van der Waals surface area contributed by atoms with Crippen LogP contribution in [-0.2, 0) is 4.79 Å². The first-order chi connectivity index (χ1) is 13.1. The Morgan fingerprint density at radius 1 is 1.11 bits per heavy atom. The smallest absolute Gasteiger partial charge is 0.293 e. The third-order valence-corrected chi connectivity index (χ3v) is 4.86. The van der Waals surface area contributed by atoms with Gasteiger partial charge in [0.1, 0.15) is 5.75 Å². The van der Waals surface area contributed by atoms with E-state index in [1.807, 2.05) is 24.3 Å². The number of rotatable bonds is 6. The molecular weight excluding hydrogens is 364 g/mol. The van der Waals surface area contributed by atoms with E-state index in [1.165, 1.54) is 0 Å². The van der Waals surface area contributed by atoms with Gasteiger partial charge in [-0.1, -0.05) is 36.4 Å². The Morgan fingerprint density at radius 2 is 1.81 bits per heavy atom. The zero-order chi connectivity index (χ0) is 19.2. The van der Waals surface area contributed by atoms with Gasteiger partial charge in [0, 0.05) is 24.2 Å². The number of benzene rings is 2. The number of hydrogen-bond donors (Lipinski definition) is 1. The predicted molar refractivity (Wildman–Crippen MR) is 104 cm³/mol. The minimum Gasteiger partial charge on any atom is -0.496 e. The molecule has 3 rings (SSSR count). The molecule has 138 valence electrons. The van der Waals surface area contributed by atoms with Gasteiger partial charge in [0.2, 0.25) is 0 Å². The molecule has 27 heavy (non-hydrogen) atoms. The molecule has 2 aromatic carbocycles. The highest BCUT2D eigenvalue weighted by molar-refractivity contribution is 8.18. The van der Waals surface area contributed by atoms with Crippen molar-refractivity contribution in [1.82, 2.24) is 10.2 Å². The van der Waals surface area contributed by atoms with E-state index in [-0.39, 0.29) is 30.1 Å². The quantitative estimate of drug-likeness (QED) is 0.777. The fraction of sp³-hybridized carbons (Fsp3) is 0.150. The second-order valence-corrected chi connectivity index (χ2v) is 6.69. The van der Waals surface area contributed by atoms with E-state index in [2.05, 4.69) is 5.32 Å². The standard InChI is InChI=1S/C20H18N2O4S/c1-26-16-10-6-5-9-15(16)13-17-19(24)22(20(25)27-17)12-11-21-18(23)14-7-3-2-4-8-14/h2-10,13H,11-12H2,1H3,(H,21,23). The molecule has 1 saturated heterocycles. The van der Waals surface area contributed by atoms with Gasteiger partial charge in [-0.2, -0.15) is 0 Å². The number of imide groups is 1.